The molecule has 2 aliphatic rings. The first-order chi connectivity index (χ1) is 18.5. The van der Waals surface area contributed by atoms with E-state index in [1.54, 1.807) is 6.20 Å². The number of thiazole rings is 1. The molecule has 0 radical (unpaired) electrons. The minimum atomic E-state index is -0.593. The summed E-state index contributed by atoms with van der Waals surface area (Å²) in [5.74, 6) is 2.92. The first kappa shape index (κ1) is 24.7. The number of nitrogens with zero attached hydrogens (tertiary/aromatic N) is 6. The zero-order chi connectivity index (χ0) is 26.0. The summed E-state index contributed by atoms with van der Waals surface area (Å²) in [6, 6.07) is 11.8. The van der Waals surface area contributed by atoms with E-state index >= 15 is 0 Å². The van der Waals surface area contributed by atoms with E-state index < -0.39 is 5.60 Å². The molecule has 1 saturated heterocycles. The lowest BCUT2D eigenvalue weighted by Crippen LogP contribution is -2.37. The predicted octanol–water partition coefficient (Wildman–Crippen LogP) is 4.34. The Hall–Kier alpha value is -3.61. The van der Waals surface area contributed by atoms with Gasteiger partial charge >= 0.3 is 0 Å². The average molecular weight is 535 g/mol. The fourth-order valence-corrected chi connectivity index (χ4v) is 5.39. The van der Waals surface area contributed by atoms with Crippen molar-refractivity contribution >= 4 is 34.1 Å². The molecular formula is C26H30N8O3S. The van der Waals surface area contributed by atoms with E-state index in [2.05, 4.69) is 30.7 Å². The molecule has 0 spiro atoms. The molecule has 38 heavy (non-hydrogen) atoms. The molecule has 4 aromatic rings. The molecule has 1 aliphatic carbocycles. The van der Waals surface area contributed by atoms with E-state index in [4.69, 9.17) is 19.1 Å². The monoisotopic (exact) mass is 534 g/mol. The zero-order valence-electron chi connectivity index (χ0n) is 21.1. The molecule has 1 saturated carbocycles. The molecule has 12 heteroatoms. The Labute approximate surface area is 224 Å². The van der Waals surface area contributed by atoms with Gasteiger partial charge in [0.15, 0.2) is 5.13 Å². The largest absolute Gasteiger partial charge is 0.415 e. The van der Waals surface area contributed by atoms with Gasteiger partial charge in [0, 0.05) is 30.8 Å². The number of benzene rings is 1. The number of aromatic nitrogens is 5. The van der Waals surface area contributed by atoms with Crippen LogP contribution in [0.2, 0.25) is 0 Å². The van der Waals surface area contributed by atoms with Crippen LogP contribution in [0.15, 0.2) is 47.0 Å². The second-order valence-corrected chi connectivity index (χ2v) is 10.9. The van der Waals surface area contributed by atoms with Gasteiger partial charge in [-0.25, -0.2) is 4.98 Å². The zero-order valence-corrected chi connectivity index (χ0v) is 21.9. The lowest BCUT2D eigenvalue weighted by molar-refractivity contribution is 0.0195. The lowest BCUT2D eigenvalue weighted by atomic mass is 9.84. The number of morpholine rings is 1. The quantitative estimate of drug-likeness (QED) is 0.313. The van der Waals surface area contributed by atoms with E-state index in [1.807, 2.05) is 43.3 Å². The van der Waals surface area contributed by atoms with Crippen LogP contribution in [-0.2, 0) is 4.74 Å². The van der Waals surface area contributed by atoms with Crippen LogP contribution in [0.3, 0.4) is 0 Å². The molecule has 2 fully saturated rings. The number of aliphatic hydroxyl groups is 1. The van der Waals surface area contributed by atoms with E-state index in [-0.39, 0.29) is 6.04 Å². The van der Waals surface area contributed by atoms with Crippen molar-refractivity contribution in [3.8, 4) is 22.2 Å². The van der Waals surface area contributed by atoms with Crippen molar-refractivity contribution < 1.29 is 14.3 Å². The van der Waals surface area contributed by atoms with Crippen LogP contribution in [-0.4, -0.2) is 68.2 Å². The molecule has 1 aromatic carbocycles. The molecule has 11 nitrogen and oxygen atoms in total. The van der Waals surface area contributed by atoms with Crippen LogP contribution in [0.5, 0.6) is 0 Å². The van der Waals surface area contributed by atoms with Crippen molar-refractivity contribution in [3.05, 3.63) is 42.6 Å². The highest BCUT2D eigenvalue weighted by Gasteiger charge is 2.29. The van der Waals surface area contributed by atoms with Gasteiger partial charge in [-0.3, -0.25) is 0 Å². The van der Waals surface area contributed by atoms with Crippen LogP contribution in [0.25, 0.3) is 22.2 Å². The van der Waals surface area contributed by atoms with Crippen molar-refractivity contribution in [2.75, 3.05) is 41.8 Å². The summed E-state index contributed by atoms with van der Waals surface area (Å²) >= 11 is 1.41. The molecule has 1 aliphatic heterocycles. The van der Waals surface area contributed by atoms with Gasteiger partial charge in [0.05, 0.1) is 25.0 Å². The highest BCUT2D eigenvalue weighted by molar-refractivity contribution is 7.18. The molecule has 4 heterocycles. The Bertz CT molecular complexity index is 1360. The van der Waals surface area contributed by atoms with Gasteiger partial charge in [0.1, 0.15) is 16.5 Å². The van der Waals surface area contributed by atoms with E-state index in [0.717, 1.165) is 55.0 Å². The Balaban J connectivity index is 1.21. The highest BCUT2D eigenvalue weighted by atomic mass is 32.1. The Morgan fingerprint density at radius 3 is 2.61 bits per heavy atom. The van der Waals surface area contributed by atoms with Crippen LogP contribution in [0.1, 0.15) is 32.6 Å². The van der Waals surface area contributed by atoms with E-state index in [1.165, 1.54) is 11.3 Å². The number of hydrogen-bond acceptors (Lipinski definition) is 12. The third-order valence-corrected chi connectivity index (χ3v) is 7.74. The standard InChI is InChI=1S/C26H30N8O3S/c1-26(35)9-7-18(8-10-26)28-24-29-20(15-21(31-24)34-11-13-36-14-12-34)30-25-27-16-19(38-25)23-33-32-22(37-23)17-5-3-2-4-6-17/h2-6,15-16,18,35H,7-14H2,1H3,(H2,27,28,29,30,31). The summed E-state index contributed by atoms with van der Waals surface area (Å²) in [6.07, 6.45) is 4.95. The Morgan fingerprint density at radius 2 is 1.82 bits per heavy atom. The van der Waals surface area contributed by atoms with Crippen molar-refractivity contribution in [3.63, 3.8) is 0 Å². The van der Waals surface area contributed by atoms with Gasteiger partial charge < -0.3 is 29.8 Å². The average Bonchev–Trinajstić information content (AvgIpc) is 3.61. The van der Waals surface area contributed by atoms with Crippen LogP contribution >= 0.6 is 11.3 Å². The first-order valence-electron chi connectivity index (χ1n) is 12.8. The van der Waals surface area contributed by atoms with Crippen LogP contribution in [0, 0.1) is 0 Å². The van der Waals surface area contributed by atoms with E-state index in [9.17, 15) is 5.11 Å². The van der Waals surface area contributed by atoms with Gasteiger partial charge in [-0.2, -0.15) is 9.97 Å². The molecule has 0 atom stereocenters. The van der Waals surface area contributed by atoms with E-state index in [0.29, 0.717) is 41.9 Å². The second-order valence-electron chi connectivity index (χ2n) is 9.88. The molecule has 3 N–H and O–H groups in total. The molecule has 0 unspecified atom stereocenters. The van der Waals surface area contributed by atoms with Gasteiger partial charge in [0.2, 0.25) is 11.8 Å². The molecule has 198 valence electrons. The highest BCUT2D eigenvalue weighted by Crippen LogP contribution is 2.33. The summed E-state index contributed by atoms with van der Waals surface area (Å²) < 4.78 is 11.4. The molecule has 0 amide bonds. The minimum Gasteiger partial charge on any atom is -0.415 e. The maximum atomic E-state index is 10.3. The minimum absolute atomic E-state index is 0.214. The summed E-state index contributed by atoms with van der Waals surface area (Å²) in [7, 11) is 0. The van der Waals surface area contributed by atoms with Gasteiger partial charge in [-0.15, -0.1) is 10.2 Å². The number of anilines is 4. The van der Waals surface area contributed by atoms with Crippen molar-refractivity contribution in [1.29, 1.82) is 0 Å². The first-order valence-corrected chi connectivity index (χ1v) is 13.7. The third kappa shape index (κ3) is 5.77. The normalized spacial score (nSPS) is 21.8. The molecule has 0 bridgehead atoms. The van der Waals surface area contributed by atoms with Crippen molar-refractivity contribution in [2.45, 2.75) is 44.2 Å². The maximum Gasteiger partial charge on any atom is 0.259 e. The van der Waals surface area contributed by atoms with Crippen molar-refractivity contribution in [2.24, 2.45) is 0 Å². The third-order valence-electron chi connectivity index (χ3n) is 6.84. The van der Waals surface area contributed by atoms with Gasteiger partial charge in [0.25, 0.3) is 5.89 Å². The lowest BCUT2D eigenvalue weighted by Gasteiger charge is -2.33. The maximum absolute atomic E-state index is 10.3. The summed E-state index contributed by atoms with van der Waals surface area (Å²) in [5, 5.41) is 26.2. The Kier molecular flexibility index (Phi) is 6.92. The number of ether oxygens (including phenoxy) is 1. The van der Waals surface area contributed by atoms with Crippen LogP contribution < -0.4 is 15.5 Å². The number of rotatable bonds is 7. The SMILES string of the molecule is CC1(O)CCC(Nc2nc(Nc3ncc(-c4nnc(-c5ccccc5)o4)s3)cc(N3CCOCC3)n2)CC1. The number of nitrogens with one attached hydrogen (secondary N) is 2. The van der Waals surface area contributed by atoms with Crippen molar-refractivity contribution in [1.82, 2.24) is 25.1 Å². The van der Waals surface area contributed by atoms with Gasteiger partial charge in [-0.05, 0) is 44.7 Å². The topological polar surface area (TPSA) is 134 Å². The Morgan fingerprint density at radius 1 is 1.05 bits per heavy atom. The summed E-state index contributed by atoms with van der Waals surface area (Å²) in [6.45, 7) is 4.77. The van der Waals surface area contributed by atoms with Gasteiger partial charge in [-0.1, -0.05) is 29.5 Å². The summed E-state index contributed by atoms with van der Waals surface area (Å²) in [4.78, 5) is 17.0. The summed E-state index contributed by atoms with van der Waals surface area (Å²) in [5.41, 5.74) is 0.275. The fourth-order valence-electron chi connectivity index (χ4n) is 4.64. The number of hydrogen-bond donors (Lipinski definition) is 3. The molecule has 3 aromatic heterocycles. The predicted molar refractivity (Wildman–Crippen MR) is 146 cm³/mol. The molecular weight excluding hydrogens is 504 g/mol. The van der Waals surface area contributed by atoms with Crippen LogP contribution in [0.4, 0.5) is 22.7 Å². The fraction of sp³-hybridized carbons (Fsp3) is 0.423. The second kappa shape index (κ2) is 10.6. The smallest absolute Gasteiger partial charge is 0.259 e. The molecule has 6 rings (SSSR count).